The molecule has 3 aliphatic rings. The molecule has 0 spiro atoms. The van der Waals surface area contributed by atoms with Crippen molar-refractivity contribution >= 4 is 47.2 Å². The van der Waals surface area contributed by atoms with Crippen LogP contribution in [0.4, 0.5) is 0 Å². The van der Waals surface area contributed by atoms with Gasteiger partial charge in [0.15, 0.2) is 0 Å². The second-order valence-electron chi connectivity index (χ2n) is 14.1. The predicted octanol–water partition coefficient (Wildman–Crippen LogP) is 5.43. The van der Waals surface area contributed by atoms with Gasteiger partial charge in [-0.2, -0.15) is 0 Å². The van der Waals surface area contributed by atoms with Crippen molar-refractivity contribution in [2.24, 2.45) is 0 Å². The standard InChI is InChI=1S/C32H48B2GeO4/c1-11-13-19-35(20-14-12-2)27-21-23(33-36-29(3,4)30(5,6)37-33)15-17-25(27)26-18-16-24(22-28(26)35)34-38-31(7,8)32(9,10)39-34/h15-18,21-22H,11-14,19-20H2,1-10H3. The van der Waals surface area contributed by atoms with Crippen molar-refractivity contribution in [1.82, 2.24) is 0 Å². The van der Waals surface area contributed by atoms with E-state index in [1.807, 2.05) is 0 Å². The van der Waals surface area contributed by atoms with Crippen molar-refractivity contribution in [1.29, 1.82) is 0 Å². The first kappa shape index (κ1) is 29.4. The second-order valence-corrected chi connectivity index (χ2v) is 23.0. The normalized spacial score (nSPS) is 23.2. The molecule has 2 fully saturated rings. The molecular formula is C32H48B2GeO4. The summed E-state index contributed by atoms with van der Waals surface area (Å²) in [5, 5.41) is 2.63. The van der Waals surface area contributed by atoms with Crippen LogP contribution in [0.1, 0.15) is 94.9 Å². The molecule has 0 saturated carbocycles. The van der Waals surface area contributed by atoms with Crippen LogP contribution in [0.2, 0.25) is 10.5 Å². The summed E-state index contributed by atoms with van der Waals surface area (Å²) < 4.78 is 29.3. The molecule has 0 radical (unpaired) electrons. The molecule has 5 rings (SSSR count). The second kappa shape index (κ2) is 10.0. The zero-order chi connectivity index (χ0) is 28.4. The summed E-state index contributed by atoms with van der Waals surface area (Å²) in [6.07, 6.45) is 4.98. The van der Waals surface area contributed by atoms with Crippen molar-refractivity contribution in [3.8, 4) is 11.1 Å². The fourth-order valence-electron chi connectivity index (χ4n) is 6.40. The van der Waals surface area contributed by atoms with Crippen LogP contribution in [-0.2, 0) is 18.6 Å². The summed E-state index contributed by atoms with van der Waals surface area (Å²) in [4.78, 5) is 0. The fraction of sp³-hybridized carbons (Fsp3) is 0.625. The van der Waals surface area contributed by atoms with Gasteiger partial charge in [0.1, 0.15) is 0 Å². The number of benzene rings is 2. The van der Waals surface area contributed by atoms with Crippen molar-refractivity contribution < 1.29 is 18.6 Å². The Hall–Kier alpha value is -1.05. The Balaban J connectivity index is 1.61. The summed E-state index contributed by atoms with van der Waals surface area (Å²) >= 11 is -2.75. The molecule has 0 aromatic heterocycles. The maximum absolute atomic E-state index is 6.51. The average molecular weight is 591 g/mol. The van der Waals surface area contributed by atoms with Gasteiger partial charge in [-0.05, 0) is 0 Å². The Labute approximate surface area is 240 Å². The van der Waals surface area contributed by atoms with Gasteiger partial charge in [0.05, 0.1) is 0 Å². The summed E-state index contributed by atoms with van der Waals surface area (Å²) in [5.74, 6) is 0. The molecule has 39 heavy (non-hydrogen) atoms. The van der Waals surface area contributed by atoms with Gasteiger partial charge >= 0.3 is 241 Å². The molecule has 4 nitrogen and oxygen atoms in total. The van der Waals surface area contributed by atoms with Crippen LogP contribution in [0.15, 0.2) is 36.4 Å². The van der Waals surface area contributed by atoms with Crippen molar-refractivity contribution in [2.75, 3.05) is 0 Å². The molecule has 2 aromatic carbocycles. The third kappa shape index (κ3) is 4.80. The van der Waals surface area contributed by atoms with E-state index in [-0.39, 0.29) is 36.6 Å². The van der Waals surface area contributed by atoms with Gasteiger partial charge in [-0.3, -0.25) is 0 Å². The monoisotopic (exact) mass is 592 g/mol. The van der Waals surface area contributed by atoms with Crippen LogP contribution in [0.25, 0.3) is 11.1 Å². The van der Waals surface area contributed by atoms with Crippen molar-refractivity contribution in [3.63, 3.8) is 0 Å². The number of unbranched alkanes of at least 4 members (excludes halogenated alkanes) is 2. The first-order chi connectivity index (χ1) is 18.2. The molecular weight excluding hydrogens is 543 g/mol. The number of fused-ring (bicyclic) bond motifs is 3. The molecule has 2 saturated heterocycles. The summed E-state index contributed by atoms with van der Waals surface area (Å²) in [7, 11) is -0.663. The first-order valence-electron chi connectivity index (χ1n) is 15.2. The fourth-order valence-corrected chi connectivity index (χ4v) is 18.7. The predicted molar refractivity (Wildman–Crippen MR) is 168 cm³/mol. The average Bonchev–Trinajstić information content (AvgIpc) is 3.35. The van der Waals surface area contributed by atoms with E-state index in [2.05, 4.69) is 106 Å². The Kier molecular flexibility index (Phi) is 7.59. The molecule has 7 heteroatoms. The summed E-state index contributed by atoms with van der Waals surface area (Å²) in [6, 6.07) is 14.2. The Morgan fingerprint density at radius 1 is 0.564 bits per heavy atom. The van der Waals surface area contributed by atoms with E-state index >= 15 is 0 Å². The topological polar surface area (TPSA) is 36.9 Å². The van der Waals surface area contributed by atoms with Gasteiger partial charge in [0, 0.05) is 0 Å². The van der Waals surface area contributed by atoms with E-state index in [1.165, 1.54) is 47.3 Å². The number of hydrogen-bond donors (Lipinski definition) is 0. The van der Waals surface area contributed by atoms with Crippen LogP contribution in [0.5, 0.6) is 0 Å². The van der Waals surface area contributed by atoms with E-state index in [0.29, 0.717) is 0 Å². The van der Waals surface area contributed by atoms with E-state index in [1.54, 1.807) is 8.79 Å². The zero-order valence-electron chi connectivity index (χ0n) is 26.0. The third-order valence-corrected chi connectivity index (χ3v) is 21.5. The van der Waals surface area contributed by atoms with Crippen LogP contribution in [-0.4, -0.2) is 49.9 Å². The minimum atomic E-state index is -2.75. The quantitative estimate of drug-likeness (QED) is 0.385. The third-order valence-electron chi connectivity index (χ3n) is 10.4. The van der Waals surface area contributed by atoms with Crippen LogP contribution in [0.3, 0.4) is 0 Å². The number of hydrogen-bond acceptors (Lipinski definition) is 4. The van der Waals surface area contributed by atoms with E-state index < -0.39 is 13.3 Å². The van der Waals surface area contributed by atoms with Gasteiger partial charge < -0.3 is 0 Å². The summed E-state index contributed by atoms with van der Waals surface area (Å²) in [6.45, 7) is 21.8. The first-order valence-corrected chi connectivity index (χ1v) is 20.2. The molecule has 3 aliphatic heterocycles. The van der Waals surface area contributed by atoms with Gasteiger partial charge in [0.25, 0.3) is 0 Å². The molecule has 0 bridgehead atoms. The van der Waals surface area contributed by atoms with Crippen molar-refractivity contribution in [3.05, 3.63) is 36.4 Å². The van der Waals surface area contributed by atoms with Gasteiger partial charge in [-0.25, -0.2) is 0 Å². The van der Waals surface area contributed by atoms with E-state index in [0.717, 1.165) is 10.9 Å². The van der Waals surface area contributed by atoms with Crippen LogP contribution >= 0.6 is 0 Å². The molecule has 2 aromatic rings. The molecule has 0 atom stereocenters. The van der Waals surface area contributed by atoms with E-state index in [9.17, 15) is 0 Å². The molecule has 3 heterocycles. The van der Waals surface area contributed by atoms with E-state index in [4.69, 9.17) is 18.6 Å². The number of rotatable bonds is 8. The van der Waals surface area contributed by atoms with Gasteiger partial charge in [-0.15, -0.1) is 0 Å². The molecule has 0 aliphatic carbocycles. The van der Waals surface area contributed by atoms with Gasteiger partial charge in [-0.1, -0.05) is 0 Å². The molecule has 0 unspecified atom stereocenters. The summed E-state index contributed by atoms with van der Waals surface area (Å²) in [5.41, 5.74) is 3.79. The van der Waals surface area contributed by atoms with Crippen LogP contribution < -0.4 is 19.7 Å². The molecule has 0 amide bonds. The Bertz CT molecular complexity index is 1110. The molecule has 210 valence electrons. The molecule has 0 N–H and O–H groups in total. The SMILES string of the molecule is CCC[CH2][Ge]1([CH2]CCC)[c]2cc(B3OC(C)(C)C(C)(C)O3)ccc2-c2ccc(B3OC(C)(C)C(C)(C)O3)c[c]21. The maximum atomic E-state index is 6.51. The minimum absolute atomic E-state index is 0.332. The van der Waals surface area contributed by atoms with Crippen molar-refractivity contribution in [2.45, 2.75) is 128 Å². The van der Waals surface area contributed by atoms with Crippen LogP contribution in [0, 0.1) is 0 Å². The zero-order valence-corrected chi connectivity index (χ0v) is 28.1. The van der Waals surface area contributed by atoms with Gasteiger partial charge in [0.2, 0.25) is 0 Å². The Morgan fingerprint density at radius 3 is 1.21 bits per heavy atom. The Morgan fingerprint density at radius 2 is 0.897 bits per heavy atom.